The van der Waals surface area contributed by atoms with Crippen molar-refractivity contribution in [3.05, 3.63) is 69.9 Å². The van der Waals surface area contributed by atoms with Gasteiger partial charge < -0.3 is 15.3 Å². The number of phenolic OH excluding ortho intramolecular Hbond substituents is 1. The molecule has 3 atom stereocenters. The number of aromatic nitrogens is 4. The maximum atomic E-state index is 15.7. The van der Waals surface area contributed by atoms with Crippen molar-refractivity contribution in [2.24, 2.45) is 0 Å². The standard InChI is InChI=1S/C28H27F5N6O2/c1-13-8-9-34-22(16(4)28(31,32)33)24(13)39-26-17(25(37-27(39)41)38-12-14(2)35-11-15(38)3)10-19(30)23(36-26)21-18(29)6-5-7-20(21)40/h5-10,14-16,35,40H,11-12H2,1-4H3/t14-,15+,16-/m1/s1. The Morgan fingerprint density at radius 1 is 1.12 bits per heavy atom. The smallest absolute Gasteiger partial charge is 0.397 e. The van der Waals surface area contributed by atoms with Gasteiger partial charge in [0.1, 0.15) is 23.1 Å². The number of benzene rings is 1. The number of rotatable bonds is 4. The molecule has 2 N–H and O–H groups in total. The van der Waals surface area contributed by atoms with E-state index in [0.29, 0.717) is 13.1 Å². The average molecular weight is 575 g/mol. The maximum absolute atomic E-state index is 15.7. The molecule has 1 fully saturated rings. The number of pyridine rings is 2. The average Bonchev–Trinajstić information content (AvgIpc) is 2.89. The van der Waals surface area contributed by atoms with Gasteiger partial charge in [-0.05, 0) is 57.5 Å². The molecule has 0 unspecified atom stereocenters. The molecule has 1 aromatic carbocycles. The summed E-state index contributed by atoms with van der Waals surface area (Å²) in [6.07, 6.45) is -3.50. The Labute approximate surface area is 231 Å². The van der Waals surface area contributed by atoms with Gasteiger partial charge in [0.2, 0.25) is 0 Å². The van der Waals surface area contributed by atoms with E-state index in [1.807, 2.05) is 13.8 Å². The van der Waals surface area contributed by atoms with Crippen molar-refractivity contribution < 1.29 is 27.1 Å². The lowest BCUT2D eigenvalue weighted by molar-refractivity contribution is -0.147. The topological polar surface area (TPSA) is 96.2 Å². The summed E-state index contributed by atoms with van der Waals surface area (Å²) >= 11 is 0. The third-order valence-electron chi connectivity index (χ3n) is 7.35. The highest BCUT2D eigenvalue weighted by atomic mass is 19.4. The second kappa shape index (κ2) is 10.4. The van der Waals surface area contributed by atoms with Crippen molar-refractivity contribution in [2.45, 2.75) is 51.9 Å². The van der Waals surface area contributed by atoms with E-state index in [1.165, 1.54) is 25.3 Å². The molecule has 216 valence electrons. The molecule has 1 aliphatic rings. The first-order valence-electron chi connectivity index (χ1n) is 12.9. The number of phenols is 1. The van der Waals surface area contributed by atoms with E-state index in [-0.39, 0.29) is 40.2 Å². The van der Waals surface area contributed by atoms with Gasteiger partial charge in [-0.15, -0.1) is 0 Å². The first kappa shape index (κ1) is 28.4. The van der Waals surface area contributed by atoms with Gasteiger partial charge in [0.25, 0.3) is 0 Å². The molecule has 0 bridgehead atoms. The van der Waals surface area contributed by atoms with Crippen LogP contribution in [0.2, 0.25) is 0 Å². The molecular formula is C28H27F5N6O2. The molecule has 5 rings (SSSR count). The highest BCUT2D eigenvalue weighted by Gasteiger charge is 2.40. The molecule has 0 spiro atoms. The molecule has 1 saturated heterocycles. The molecular weight excluding hydrogens is 547 g/mol. The number of aromatic hydroxyl groups is 1. The van der Waals surface area contributed by atoms with E-state index < -0.39 is 52.1 Å². The first-order valence-corrected chi connectivity index (χ1v) is 12.9. The van der Waals surface area contributed by atoms with Gasteiger partial charge >= 0.3 is 11.9 Å². The van der Waals surface area contributed by atoms with E-state index in [4.69, 9.17) is 0 Å². The van der Waals surface area contributed by atoms with Gasteiger partial charge in [-0.1, -0.05) is 6.07 Å². The minimum absolute atomic E-state index is 0.0160. The number of halogens is 5. The second-order valence-electron chi connectivity index (χ2n) is 10.3. The number of hydrogen-bond donors (Lipinski definition) is 2. The second-order valence-corrected chi connectivity index (χ2v) is 10.3. The van der Waals surface area contributed by atoms with Gasteiger partial charge in [0.15, 0.2) is 11.5 Å². The number of piperazine rings is 1. The lowest BCUT2D eigenvalue weighted by Crippen LogP contribution is -2.55. The normalized spacial score (nSPS) is 18.6. The zero-order chi connectivity index (χ0) is 29.8. The summed E-state index contributed by atoms with van der Waals surface area (Å²) in [5, 5.41) is 13.7. The van der Waals surface area contributed by atoms with Gasteiger partial charge in [0, 0.05) is 31.4 Å². The van der Waals surface area contributed by atoms with Crippen LogP contribution >= 0.6 is 0 Å². The molecule has 4 aromatic rings. The highest BCUT2D eigenvalue weighted by molar-refractivity contribution is 5.91. The monoisotopic (exact) mass is 574 g/mol. The lowest BCUT2D eigenvalue weighted by Gasteiger charge is -2.38. The minimum Gasteiger partial charge on any atom is -0.507 e. The van der Waals surface area contributed by atoms with Gasteiger partial charge in [-0.25, -0.2) is 23.1 Å². The van der Waals surface area contributed by atoms with E-state index in [0.717, 1.165) is 29.7 Å². The van der Waals surface area contributed by atoms with Crippen LogP contribution in [0.3, 0.4) is 0 Å². The SMILES string of the molecule is Cc1ccnc([C@@H](C)C(F)(F)F)c1-n1c(=O)nc(N2C[C@@H](C)NC[C@@H]2C)c2cc(F)c(-c3c(O)cccc3F)nc21. The first-order chi connectivity index (χ1) is 19.3. The predicted molar refractivity (Wildman–Crippen MR) is 143 cm³/mol. The van der Waals surface area contributed by atoms with Crippen LogP contribution in [0.4, 0.5) is 27.8 Å². The lowest BCUT2D eigenvalue weighted by atomic mass is 10.0. The van der Waals surface area contributed by atoms with Crippen molar-refractivity contribution in [3.63, 3.8) is 0 Å². The number of aryl methyl sites for hydroxylation is 1. The van der Waals surface area contributed by atoms with Gasteiger partial charge in [-0.2, -0.15) is 18.2 Å². The summed E-state index contributed by atoms with van der Waals surface area (Å²) in [5.41, 5.74) is -2.82. The molecule has 41 heavy (non-hydrogen) atoms. The number of alkyl halides is 3. The van der Waals surface area contributed by atoms with Crippen LogP contribution in [-0.4, -0.2) is 56.0 Å². The Balaban J connectivity index is 1.92. The minimum atomic E-state index is -4.70. The molecule has 13 heteroatoms. The Morgan fingerprint density at radius 3 is 2.54 bits per heavy atom. The highest BCUT2D eigenvalue weighted by Crippen LogP contribution is 2.39. The third kappa shape index (κ3) is 4.98. The van der Waals surface area contributed by atoms with Crippen molar-refractivity contribution in [1.29, 1.82) is 0 Å². The summed E-state index contributed by atoms with van der Waals surface area (Å²) < 4.78 is 73.1. The van der Waals surface area contributed by atoms with Gasteiger partial charge in [-0.3, -0.25) is 4.98 Å². The number of anilines is 1. The molecule has 0 aliphatic carbocycles. The molecule has 3 aromatic heterocycles. The Hall–Kier alpha value is -4.13. The zero-order valence-electron chi connectivity index (χ0n) is 22.6. The molecule has 1 aliphatic heterocycles. The van der Waals surface area contributed by atoms with E-state index in [9.17, 15) is 27.5 Å². The number of hydrogen-bond acceptors (Lipinski definition) is 7. The van der Waals surface area contributed by atoms with Crippen LogP contribution in [0.5, 0.6) is 5.75 Å². The van der Waals surface area contributed by atoms with Crippen LogP contribution in [0.1, 0.15) is 37.9 Å². The van der Waals surface area contributed by atoms with Crippen LogP contribution in [-0.2, 0) is 0 Å². The fraction of sp³-hybridized carbons (Fsp3) is 0.357. The van der Waals surface area contributed by atoms with Crippen molar-refractivity contribution in [1.82, 2.24) is 24.8 Å². The van der Waals surface area contributed by atoms with E-state index in [2.05, 4.69) is 20.3 Å². The Bertz CT molecular complexity index is 1690. The Morgan fingerprint density at radius 2 is 1.85 bits per heavy atom. The van der Waals surface area contributed by atoms with Crippen LogP contribution in [0.15, 0.2) is 41.3 Å². The van der Waals surface area contributed by atoms with Crippen molar-refractivity contribution >= 4 is 16.9 Å². The maximum Gasteiger partial charge on any atom is 0.397 e. The largest absolute Gasteiger partial charge is 0.507 e. The summed E-state index contributed by atoms with van der Waals surface area (Å²) in [6.45, 7) is 7.14. The number of nitrogens with one attached hydrogen (secondary N) is 1. The van der Waals surface area contributed by atoms with Crippen LogP contribution in [0.25, 0.3) is 28.0 Å². The quantitative estimate of drug-likeness (QED) is 0.332. The number of nitrogens with zero attached hydrogens (tertiary/aromatic N) is 5. The Kier molecular flexibility index (Phi) is 7.18. The van der Waals surface area contributed by atoms with Gasteiger partial charge in [0.05, 0.1) is 28.2 Å². The molecule has 4 heterocycles. The van der Waals surface area contributed by atoms with Crippen molar-refractivity contribution in [3.8, 4) is 22.7 Å². The fourth-order valence-corrected chi connectivity index (χ4v) is 5.10. The summed E-state index contributed by atoms with van der Waals surface area (Å²) in [5.74, 6) is -4.60. The summed E-state index contributed by atoms with van der Waals surface area (Å²) in [4.78, 5) is 28.1. The van der Waals surface area contributed by atoms with Crippen LogP contribution in [0, 0.1) is 18.6 Å². The molecule has 0 saturated carbocycles. The van der Waals surface area contributed by atoms with E-state index in [1.54, 1.807) is 4.90 Å². The number of fused-ring (bicyclic) bond motifs is 1. The van der Waals surface area contributed by atoms with Crippen molar-refractivity contribution in [2.75, 3.05) is 18.0 Å². The summed E-state index contributed by atoms with van der Waals surface area (Å²) in [6, 6.07) is 5.62. The predicted octanol–water partition coefficient (Wildman–Crippen LogP) is 4.99. The van der Waals surface area contributed by atoms with Crippen LogP contribution < -0.4 is 15.9 Å². The molecule has 0 amide bonds. The zero-order valence-corrected chi connectivity index (χ0v) is 22.6. The summed E-state index contributed by atoms with van der Waals surface area (Å²) in [7, 11) is 0. The molecule has 8 nitrogen and oxygen atoms in total. The van der Waals surface area contributed by atoms with E-state index >= 15 is 4.39 Å². The molecule has 0 radical (unpaired) electrons. The third-order valence-corrected chi connectivity index (χ3v) is 7.35. The fourth-order valence-electron chi connectivity index (χ4n) is 5.10.